The molecule has 3 aliphatic rings. The van der Waals surface area contributed by atoms with Gasteiger partial charge in [0.2, 0.25) is 0 Å². The van der Waals surface area contributed by atoms with Crippen molar-refractivity contribution in [3.63, 3.8) is 0 Å². The summed E-state index contributed by atoms with van der Waals surface area (Å²) < 4.78 is 48.2. The number of hydrogen-bond acceptors (Lipinski definition) is 4. The topological polar surface area (TPSA) is 52.6 Å². The summed E-state index contributed by atoms with van der Waals surface area (Å²) in [6.07, 6.45) is -4.96. The average Bonchev–Trinajstić information content (AvgIpc) is 2.40. The highest BCUT2D eigenvalue weighted by Gasteiger charge is 2.81. The maximum absolute atomic E-state index is 12.8. The third-order valence-corrected chi connectivity index (χ3v) is 5.29. The van der Waals surface area contributed by atoms with Crippen LogP contribution in [0.5, 0.6) is 0 Å². The van der Waals surface area contributed by atoms with Crippen LogP contribution in [-0.4, -0.2) is 25.2 Å². The minimum absolute atomic E-state index is 0.155. The van der Waals surface area contributed by atoms with E-state index in [0.717, 1.165) is 0 Å². The molecule has 0 atom stereocenters. The molecule has 8 heteroatoms. The summed E-state index contributed by atoms with van der Waals surface area (Å²) >= 11 is 6.02. The van der Waals surface area contributed by atoms with Gasteiger partial charge in [-0.05, 0) is 31.4 Å². The fraction of sp³-hybridized carbons (Fsp3) is 0.500. The SMILES string of the molecule is COC(=O)c1cccc(Cl)c1COC(=O)C12CC(C(F)(F)F)(C1)C2. The first-order chi connectivity index (χ1) is 11.1. The molecule has 3 aliphatic carbocycles. The quantitative estimate of drug-likeness (QED) is 0.762. The molecule has 3 fully saturated rings. The third-order valence-electron chi connectivity index (χ3n) is 4.94. The van der Waals surface area contributed by atoms with E-state index in [1.807, 2.05) is 0 Å². The molecule has 0 radical (unpaired) electrons. The Morgan fingerprint density at radius 1 is 1.25 bits per heavy atom. The van der Waals surface area contributed by atoms with E-state index in [0.29, 0.717) is 0 Å². The van der Waals surface area contributed by atoms with Gasteiger partial charge in [0.15, 0.2) is 0 Å². The summed E-state index contributed by atoms with van der Waals surface area (Å²) in [5.74, 6) is -1.31. The minimum atomic E-state index is -4.28. The number of halogens is 4. The molecule has 0 aliphatic heterocycles. The fourth-order valence-electron chi connectivity index (χ4n) is 3.60. The second kappa shape index (κ2) is 5.37. The Labute approximate surface area is 140 Å². The van der Waals surface area contributed by atoms with Gasteiger partial charge in [0.25, 0.3) is 0 Å². The van der Waals surface area contributed by atoms with Gasteiger partial charge in [-0.3, -0.25) is 4.79 Å². The molecule has 0 N–H and O–H groups in total. The molecule has 1 aromatic carbocycles. The molecule has 0 unspecified atom stereocenters. The maximum Gasteiger partial charge on any atom is 0.394 e. The van der Waals surface area contributed by atoms with Crippen LogP contribution in [0.1, 0.15) is 35.2 Å². The molecule has 130 valence electrons. The van der Waals surface area contributed by atoms with Crippen molar-refractivity contribution in [2.24, 2.45) is 10.8 Å². The van der Waals surface area contributed by atoms with Gasteiger partial charge in [0.05, 0.1) is 23.5 Å². The molecule has 4 rings (SSSR count). The number of hydrogen-bond donors (Lipinski definition) is 0. The number of rotatable bonds is 4. The lowest BCUT2D eigenvalue weighted by Crippen LogP contribution is -2.71. The second-order valence-corrected chi connectivity index (χ2v) is 6.83. The fourth-order valence-corrected chi connectivity index (χ4v) is 3.83. The van der Waals surface area contributed by atoms with E-state index in [1.54, 1.807) is 6.07 Å². The van der Waals surface area contributed by atoms with Crippen molar-refractivity contribution >= 4 is 23.5 Å². The molecule has 0 spiro atoms. The van der Waals surface area contributed by atoms with Gasteiger partial charge in [-0.1, -0.05) is 17.7 Å². The van der Waals surface area contributed by atoms with E-state index in [1.165, 1.54) is 19.2 Å². The van der Waals surface area contributed by atoms with Crippen molar-refractivity contribution in [1.29, 1.82) is 0 Å². The first-order valence-corrected chi connectivity index (χ1v) is 7.62. The number of carbonyl (C=O) groups is 2. The highest BCUT2D eigenvalue weighted by molar-refractivity contribution is 6.31. The van der Waals surface area contributed by atoms with Gasteiger partial charge >= 0.3 is 18.1 Å². The second-order valence-electron chi connectivity index (χ2n) is 6.42. The van der Waals surface area contributed by atoms with Gasteiger partial charge < -0.3 is 9.47 Å². The molecule has 0 aromatic heterocycles. The van der Waals surface area contributed by atoms with Gasteiger partial charge in [-0.25, -0.2) is 4.79 Å². The monoisotopic (exact) mass is 362 g/mol. The van der Waals surface area contributed by atoms with Gasteiger partial charge in [0.1, 0.15) is 6.61 Å². The normalized spacial score (nSPS) is 27.7. The summed E-state index contributed by atoms with van der Waals surface area (Å²) in [6.45, 7) is -0.288. The number of alkyl halides is 3. The summed E-state index contributed by atoms with van der Waals surface area (Å²) in [4.78, 5) is 23.9. The van der Waals surface area contributed by atoms with Crippen molar-refractivity contribution in [2.75, 3.05) is 7.11 Å². The molecule has 0 heterocycles. The van der Waals surface area contributed by atoms with Crippen LogP contribution in [0.15, 0.2) is 18.2 Å². The molecular weight excluding hydrogens is 349 g/mol. The molecule has 0 saturated heterocycles. The molecule has 4 nitrogen and oxygen atoms in total. The zero-order chi connectivity index (χ0) is 17.8. The van der Waals surface area contributed by atoms with Crippen LogP contribution < -0.4 is 0 Å². The van der Waals surface area contributed by atoms with E-state index in [-0.39, 0.29) is 42.0 Å². The molecule has 2 bridgehead atoms. The largest absolute Gasteiger partial charge is 0.465 e. The summed E-state index contributed by atoms with van der Waals surface area (Å²) in [5.41, 5.74) is -2.32. The van der Waals surface area contributed by atoms with E-state index in [9.17, 15) is 22.8 Å². The van der Waals surface area contributed by atoms with Crippen LogP contribution in [0.25, 0.3) is 0 Å². The Balaban J connectivity index is 1.66. The lowest BCUT2D eigenvalue weighted by molar-refractivity contribution is -0.355. The first kappa shape index (κ1) is 17.1. The van der Waals surface area contributed by atoms with Crippen LogP contribution >= 0.6 is 11.6 Å². The van der Waals surface area contributed by atoms with Gasteiger partial charge in [-0.15, -0.1) is 0 Å². The van der Waals surface area contributed by atoms with E-state index < -0.39 is 28.9 Å². The predicted molar refractivity (Wildman–Crippen MR) is 77.4 cm³/mol. The Bertz CT molecular complexity index is 694. The predicted octanol–water partition coefficient (Wildman–Crippen LogP) is 3.90. The zero-order valence-electron chi connectivity index (χ0n) is 12.7. The summed E-state index contributed by atoms with van der Waals surface area (Å²) in [5, 5.41) is 0.218. The van der Waals surface area contributed by atoms with Crippen LogP contribution in [-0.2, 0) is 20.9 Å². The van der Waals surface area contributed by atoms with E-state index >= 15 is 0 Å². The van der Waals surface area contributed by atoms with E-state index in [2.05, 4.69) is 4.74 Å². The highest BCUT2D eigenvalue weighted by atomic mass is 35.5. The van der Waals surface area contributed by atoms with Crippen molar-refractivity contribution < 1.29 is 32.2 Å². The molecule has 1 aromatic rings. The van der Waals surface area contributed by atoms with Crippen LogP contribution in [0.4, 0.5) is 13.2 Å². The summed E-state index contributed by atoms with van der Waals surface area (Å²) in [6, 6.07) is 4.55. The third kappa shape index (κ3) is 2.37. The van der Waals surface area contributed by atoms with Crippen molar-refractivity contribution in [1.82, 2.24) is 0 Å². The van der Waals surface area contributed by atoms with Crippen molar-refractivity contribution in [3.05, 3.63) is 34.3 Å². The number of methoxy groups -OCH3 is 1. The smallest absolute Gasteiger partial charge is 0.394 e. The van der Waals surface area contributed by atoms with Crippen LogP contribution in [0, 0.1) is 10.8 Å². The van der Waals surface area contributed by atoms with Gasteiger partial charge in [-0.2, -0.15) is 13.2 Å². The van der Waals surface area contributed by atoms with E-state index in [4.69, 9.17) is 16.3 Å². The molecule has 24 heavy (non-hydrogen) atoms. The lowest BCUT2D eigenvalue weighted by Gasteiger charge is -2.68. The van der Waals surface area contributed by atoms with Crippen LogP contribution in [0.2, 0.25) is 5.02 Å². The van der Waals surface area contributed by atoms with Crippen LogP contribution in [0.3, 0.4) is 0 Å². The Hall–Kier alpha value is -1.76. The molecule has 3 saturated carbocycles. The maximum atomic E-state index is 12.8. The number of carbonyl (C=O) groups excluding carboxylic acids is 2. The van der Waals surface area contributed by atoms with Crippen molar-refractivity contribution in [3.8, 4) is 0 Å². The Morgan fingerprint density at radius 3 is 2.42 bits per heavy atom. The number of benzene rings is 1. The Kier molecular flexibility index (Phi) is 3.82. The minimum Gasteiger partial charge on any atom is -0.465 e. The highest BCUT2D eigenvalue weighted by Crippen LogP contribution is 2.78. The molecular formula is C16H14ClF3O4. The lowest BCUT2D eigenvalue weighted by atomic mass is 9.35. The zero-order valence-corrected chi connectivity index (χ0v) is 13.5. The number of ether oxygens (including phenoxy) is 2. The van der Waals surface area contributed by atoms with Gasteiger partial charge in [0, 0.05) is 10.6 Å². The Morgan fingerprint density at radius 2 is 1.88 bits per heavy atom. The number of esters is 2. The summed E-state index contributed by atoms with van der Waals surface area (Å²) in [7, 11) is 1.21. The average molecular weight is 363 g/mol. The standard InChI is InChI=1S/C16H14ClF3O4/c1-23-12(21)9-3-2-4-11(17)10(9)5-24-13(22)14-6-15(7-14,8-14)16(18,19)20/h2-4H,5-8H2,1H3. The van der Waals surface area contributed by atoms with Crippen molar-refractivity contribution in [2.45, 2.75) is 32.0 Å². The first-order valence-electron chi connectivity index (χ1n) is 7.24. The molecule has 0 amide bonds.